The fourth-order valence-electron chi connectivity index (χ4n) is 2.09. The van der Waals surface area contributed by atoms with Crippen molar-refractivity contribution in [2.24, 2.45) is 0 Å². The number of esters is 1. The minimum absolute atomic E-state index is 0.0120. The number of para-hydroxylation sites is 1. The van der Waals surface area contributed by atoms with E-state index in [0.29, 0.717) is 5.56 Å². The van der Waals surface area contributed by atoms with Crippen LogP contribution >= 0.6 is 0 Å². The zero-order valence-electron chi connectivity index (χ0n) is 11.8. The Hall–Kier alpha value is -2.56. The lowest BCUT2D eigenvalue weighted by atomic mass is 9.91. The van der Waals surface area contributed by atoms with Gasteiger partial charge in [0.1, 0.15) is 11.6 Å². The van der Waals surface area contributed by atoms with E-state index in [-0.39, 0.29) is 11.4 Å². The molecule has 1 atom stereocenters. The van der Waals surface area contributed by atoms with Crippen LogP contribution in [0, 0.1) is 5.82 Å². The summed E-state index contributed by atoms with van der Waals surface area (Å²) in [5.74, 6) is -1.05. The van der Waals surface area contributed by atoms with Crippen molar-refractivity contribution in [2.45, 2.75) is 12.5 Å². The van der Waals surface area contributed by atoms with Crippen molar-refractivity contribution >= 4 is 11.7 Å². The molecule has 4 nitrogen and oxygen atoms in total. The highest BCUT2D eigenvalue weighted by molar-refractivity contribution is 5.85. The predicted molar refractivity (Wildman–Crippen MR) is 77.5 cm³/mol. The molecule has 0 radical (unpaired) electrons. The maximum atomic E-state index is 13.8. The number of methoxy groups -OCH3 is 1. The van der Waals surface area contributed by atoms with Gasteiger partial charge in [-0.05, 0) is 36.8 Å². The summed E-state index contributed by atoms with van der Waals surface area (Å²) in [5, 5.41) is 12.5. The summed E-state index contributed by atoms with van der Waals surface area (Å²) >= 11 is 0. The fraction of sp³-hybridized carbons (Fsp3) is 0.188. The van der Waals surface area contributed by atoms with E-state index >= 15 is 0 Å². The van der Waals surface area contributed by atoms with E-state index in [1.165, 1.54) is 31.4 Å². The lowest BCUT2D eigenvalue weighted by Crippen LogP contribution is -2.41. The third-order valence-corrected chi connectivity index (χ3v) is 3.28. The number of hydrogen-bond donors (Lipinski definition) is 2. The number of ether oxygens (including phenoxy) is 1. The molecule has 0 spiro atoms. The molecule has 0 aliphatic carbocycles. The van der Waals surface area contributed by atoms with Gasteiger partial charge in [-0.3, -0.25) is 0 Å². The van der Waals surface area contributed by atoms with Crippen LogP contribution in [0.2, 0.25) is 0 Å². The normalized spacial score (nSPS) is 13.3. The average molecular weight is 289 g/mol. The maximum absolute atomic E-state index is 13.8. The maximum Gasteiger partial charge on any atom is 0.335 e. The van der Waals surface area contributed by atoms with Gasteiger partial charge in [-0.1, -0.05) is 24.3 Å². The highest BCUT2D eigenvalue weighted by Gasteiger charge is 2.37. The van der Waals surface area contributed by atoms with Gasteiger partial charge in [-0.15, -0.1) is 0 Å². The molecule has 0 amide bonds. The first-order valence-corrected chi connectivity index (χ1v) is 6.38. The smallest absolute Gasteiger partial charge is 0.335 e. The van der Waals surface area contributed by atoms with E-state index in [1.807, 2.05) is 0 Å². The van der Waals surface area contributed by atoms with E-state index in [4.69, 9.17) is 4.74 Å². The van der Waals surface area contributed by atoms with Crippen LogP contribution in [-0.2, 0) is 15.1 Å². The van der Waals surface area contributed by atoms with Crippen molar-refractivity contribution in [2.75, 3.05) is 12.4 Å². The minimum atomic E-state index is -1.32. The van der Waals surface area contributed by atoms with Gasteiger partial charge in [-0.2, -0.15) is 0 Å². The molecule has 0 aliphatic rings. The van der Waals surface area contributed by atoms with Crippen LogP contribution < -0.4 is 5.32 Å². The van der Waals surface area contributed by atoms with Gasteiger partial charge in [0.05, 0.1) is 12.8 Å². The van der Waals surface area contributed by atoms with E-state index in [2.05, 4.69) is 5.32 Å². The minimum Gasteiger partial charge on any atom is -0.508 e. The summed E-state index contributed by atoms with van der Waals surface area (Å²) in [5.41, 5.74) is -0.679. The molecule has 2 rings (SSSR count). The number of hydrogen-bond acceptors (Lipinski definition) is 4. The van der Waals surface area contributed by atoms with Crippen LogP contribution in [0.5, 0.6) is 5.75 Å². The molecule has 1 unspecified atom stereocenters. The lowest BCUT2D eigenvalue weighted by molar-refractivity contribution is -0.145. The van der Waals surface area contributed by atoms with Crippen LogP contribution in [0.15, 0.2) is 48.5 Å². The van der Waals surface area contributed by atoms with Gasteiger partial charge in [0, 0.05) is 0 Å². The summed E-state index contributed by atoms with van der Waals surface area (Å²) in [6, 6.07) is 12.2. The first-order valence-electron chi connectivity index (χ1n) is 6.38. The van der Waals surface area contributed by atoms with Crippen molar-refractivity contribution in [3.63, 3.8) is 0 Å². The van der Waals surface area contributed by atoms with Gasteiger partial charge in [-0.25, -0.2) is 9.18 Å². The van der Waals surface area contributed by atoms with E-state index in [1.54, 1.807) is 31.2 Å². The molecule has 0 heterocycles. The molecule has 0 bridgehead atoms. The monoisotopic (exact) mass is 289 g/mol. The first-order chi connectivity index (χ1) is 9.97. The number of anilines is 1. The van der Waals surface area contributed by atoms with Gasteiger partial charge in [0.2, 0.25) is 0 Å². The van der Waals surface area contributed by atoms with Gasteiger partial charge in [0.25, 0.3) is 0 Å². The highest BCUT2D eigenvalue weighted by Crippen LogP contribution is 2.30. The second-order valence-electron chi connectivity index (χ2n) is 4.77. The standard InChI is InChI=1S/C16H16FNO3/c1-16(15(20)21-2,11-6-5-7-12(19)10-11)18-14-9-4-3-8-13(14)17/h3-10,18-19H,1-2H3. The molecule has 21 heavy (non-hydrogen) atoms. The topological polar surface area (TPSA) is 58.6 Å². The Bertz CT molecular complexity index is 659. The number of aromatic hydroxyl groups is 1. The molecule has 0 aliphatic heterocycles. The van der Waals surface area contributed by atoms with Crippen LogP contribution in [0.25, 0.3) is 0 Å². The highest BCUT2D eigenvalue weighted by atomic mass is 19.1. The SMILES string of the molecule is COC(=O)C(C)(Nc1ccccc1F)c1cccc(O)c1. The third-order valence-electron chi connectivity index (χ3n) is 3.28. The third kappa shape index (κ3) is 2.97. The summed E-state index contributed by atoms with van der Waals surface area (Å²) in [7, 11) is 1.26. The molecular formula is C16H16FNO3. The number of phenols is 1. The van der Waals surface area contributed by atoms with E-state index in [9.17, 15) is 14.3 Å². The molecule has 2 aromatic rings. The summed E-state index contributed by atoms with van der Waals surface area (Å²) < 4.78 is 18.6. The second-order valence-corrected chi connectivity index (χ2v) is 4.77. The Kier molecular flexibility index (Phi) is 4.12. The number of halogens is 1. The second kappa shape index (κ2) is 5.83. The molecule has 5 heteroatoms. The van der Waals surface area contributed by atoms with Crippen molar-refractivity contribution in [1.29, 1.82) is 0 Å². The van der Waals surface area contributed by atoms with Crippen molar-refractivity contribution < 1.29 is 19.0 Å². The number of carbonyl (C=O) groups is 1. The molecule has 0 saturated heterocycles. The Morgan fingerprint density at radius 1 is 1.24 bits per heavy atom. The van der Waals surface area contributed by atoms with Gasteiger partial charge < -0.3 is 15.2 Å². The van der Waals surface area contributed by atoms with Crippen LogP contribution in [0.1, 0.15) is 12.5 Å². The van der Waals surface area contributed by atoms with Crippen molar-refractivity contribution in [3.05, 3.63) is 59.9 Å². The Balaban J connectivity index is 2.48. The molecule has 2 N–H and O–H groups in total. The quantitative estimate of drug-likeness (QED) is 0.849. The van der Waals surface area contributed by atoms with Crippen LogP contribution in [-0.4, -0.2) is 18.2 Å². The van der Waals surface area contributed by atoms with E-state index < -0.39 is 17.3 Å². The number of rotatable bonds is 4. The predicted octanol–water partition coefficient (Wildman–Crippen LogP) is 3.03. The molecule has 2 aromatic carbocycles. The summed E-state index contributed by atoms with van der Waals surface area (Å²) in [4.78, 5) is 12.2. The molecule has 0 fully saturated rings. The average Bonchev–Trinajstić information content (AvgIpc) is 2.48. The first kappa shape index (κ1) is 14.8. The van der Waals surface area contributed by atoms with Crippen molar-refractivity contribution in [1.82, 2.24) is 0 Å². The summed E-state index contributed by atoms with van der Waals surface area (Å²) in [6.07, 6.45) is 0. The zero-order valence-corrected chi connectivity index (χ0v) is 11.8. The Labute approximate surface area is 122 Å². The van der Waals surface area contributed by atoms with Gasteiger partial charge in [0.15, 0.2) is 5.54 Å². The molecule has 0 aromatic heterocycles. The number of nitrogens with one attached hydrogen (secondary N) is 1. The van der Waals surface area contributed by atoms with Gasteiger partial charge >= 0.3 is 5.97 Å². The lowest BCUT2D eigenvalue weighted by Gasteiger charge is -2.29. The number of phenolic OH excluding ortho intramolecular Hbond substituents is 1. The number of benzene rings is 2. The summed E-state index contributed by atoms with van der Waals surface area (Å²) in [6.45, 7) is 1.57. The van der Waals surface area contributed by atoms with E-state index in [0.717, 1.165) is 0 Å². The van der Waals surface area contributed by atoms with Crippen LogP contribution in [0.4, 0.5) is 10.1 Å². The zero-order chi connectivity index (χ0) is 15.5. The van der Waals surface area contributed by atoms with Crippen molar-refractivity contribution in [3.8, 4) is 5.75 Å². The fourth-order valence-corrected chi connectivity index (χ4v) is 2.09. The molecular weight excluding hydrogens is 273 g/mol. The largest absolute Gasteiger partial charge is 0.508 e. The van der Waals surface area contributed by atoms with Crippen LogP contribution in [0.3, 0.4) is 0 Å². The number of carbonyl (C=O) groups excluding carboxylic acids is 1. The molecule has 0 saturated carbocycles. The Morgan fingerprint density at radius 3 is 2.57 bits per heavy atom. The molecule has 110 valence electrons. The Morgan fingerprint density at radius 2 is 1.95 bits per heavy atom.